The van der Waals surface area contributed by atoms with Crippen molar-refractivity contribution in [3.05, 3.63) is 125 Å². The third-order valence-electron chi connectivity index (χ3n) is 11.1. The average molecular weight is 1060 g/mol. The van der Waals surface area contributed by atoms with Crippen LogP contribution in [0.5, 0.6) is 0 Å². The maximum Gasteiger partial charge on any atom is 0.308 e. The number of benzene rings is 2. The van der Waals surface area contributed by atoms with Crippen molar-refractivity contribution >= 4 is 81.4 Å². The molecule has 8 rings (SSSR count). The summed E-state index contributed by atoms with van der Waals surface area (Å²) in [6, 6.07) is 14.3. The number of thiophene rings is 2. The van der Waals surface area contributed by atoms with E-state index in [4.69, 9.17) is 52.1 Å². The first-order valence-electron chi connectivity index (χ1n) is 22.7. The normalized spacial score (nSPS) is 13.2. The number of carbonyl (C=O) groups is 4. The molecular formula is C49H56Cl2N10O9S2. The van der Waals surface area contributed by atoms with Crippen molar-refractivity contribution in [3.63, 3.8) is 0 Å². The number of hydrogen-bond donors (Lipinski definition) is 2. The minimum atomic E-state index is -0.576. The van der Waals surface area contributed by atoms with E-state index in [2.05, 4.69) is 35.8 Å². The third kappa shape index (κ3) is 13.5. The van der Waals surface area contributed by atoms with Crippen LogP contribution in [0.4, 0.5) is 0 Å². The molecule has 0 saturated carbocycles. The first kappa shape index (κ1) is 55.3. The smallest absolute Gasteiger partial charge is 0.308 e. The molecule has 4 aromatic heterocycles. The SMILES string of the molecule is CNCCOCCOCCOCCNC(=O)c1sc2c(c1C)C(c1ccc(Cl)cc1)=NCc1nnc(C)n1-2.COC(=O)CC1N=C(c2ccc(Cl)cc2)c2c(sc(C=O)c2C)-n2c(C)nnc21.COC(C)=O. The van der Waals surface area contributed by atoms with Gasteiger partial charge in [0.25, 0.3) is 5.91 Å². The van der Waals surface area contributed by atoms with Crippen LogP contribution in [-0.2, 0) is 39.8 Å². The molecule has 0 aliphatic carbocycles. The molecule has 1 amide bonds. The van der Waals surface area contributed by atoms with Crippen molar-refractivity contribution in [1.29, 1.82) is 0 Å². The molecule has 2 aliphatic rings. The molecule has 2 aromatic carbocycles. The number of nitrogens with zero attached hydrogens (tertiary/aromatic N) is 8. The van der Waals surface area contributed by atoms with Crippen molar-refractivity contribution < 1.29 is 42.9 Å². The number of carbonyl (C=O) groups excluding carboxylic acids is 4. The fourth-order valence-corrected chi connectivity index (χ4v) is 10.1. The number of aliphatic imine (C=N–C) groups is 2. The number of halogens is 2. The number of aldehydes is 1. The number of aromatic nitrogens is 6. The second-order valence-corrected chi connectivity index (χ2v) is 18.8. The summed E-state index contributed by atoms with van der Waals surface area (Å²) in [5, 5.41) is 26.0. The van der Waals surface area contributed by atoms with Gasteiger partial charge in [0.1, 0.15) is 34.2 Å². The highest BCUT2D eigenvalue weighted by Crippen LogP contribution is 2.40. The molecule has 23 heteroatoms. The number of fused-ring (bicyclic) bond motifs is 6. The van der Waals surface area contributed by atoms with Crippen LogP contribution in [0.1, 0.15) is 95.4 Å². The number of aryl methyl sites for hydroxylation is 2. The van der Waals surface area contributed by atoms with Crippen LogP contribution in [0.2, 0.25) is 10.0 Å². The Bertz CT molecular complexity index is 2910. The zero-order valence-corrected chi connectivity index (χ0v) is 44.3. The summed E-state index contributed by atoms with van der Waals surface area (Å²) < 4.78 is 29.3. The molecule has 1 atom stereocenters. The minimum Gasteiger partial charge on any atom is -0.469 e. The van der Waals surface area contributed by atoms with Crippen molar-refractivity contribution in [2.24, 2.45) is 9.98 Å². The molecular weight excluding hydrogens is 1010 g/mol. The van der Waals surface area contributed by atoms with E-state index < -0.39 is 12.0 Å². The molecule has 0 fully saturated rings. The van der Waals surface area contributed by atoms with Crippen LogP contribution in [-0.4, -0.2) is 139 Å². The van der Waals surface area contributed by atoms with Crippen LogP contribution >= 0.6 is 45.9 Å². The predicted octanol–water partition coefficient (Wildman–Crippen LogP) is 7.00. The van der Waals surface area contributed by atoms with Gasteiger partial charge in [-0.2, -0.15) is 0 Å². The van der Waals surface area contributed by atoms with Gasteiger partial charge in [0.2, 0.25) is 0 Å². The molecule has 0 bridgehead atoms. The summed E-state index contributed by atoms with van der Waals surface area (Å²) in [4.78, 5) is 57.5. The molecule has 382 valence electrons. The highest BCUT2D eigenvalue weighted by atomic mass is 35.5. The second kappa shape index (κ2) is 26.6. The van der Waals surface area contributed by atoms with Crippen molar-refractivity contribution in [2.45, 2.75) is 53.6 Å². The number of rotatable bonds is 18. The van der Waals surface area contributed by atoms with E-state index in [1.807, 2.05) is 80.3 Å². The highest BCUT2D eigenvalue weighted by Gasteiger charge is 2.34. The van der Waals surface area contributed by atoms with Gasteiger partial charge in [-0.3, -0.25) is 38.3 Å². The fraction of sp³-hybridized carbons (Fsp3) is 0.388. The Balaban J connectivity index is 0.000000221. The number of hydrogen-bond acceptors (Lipinski definition) is 18. The van der Waals surface area contributed by atoms with Gasteiger partial charge in [-0.25, -0.2) is 0 Å². The van der Waals surface area contributed by atoms with Gasteiger partial charge >= 0.3 is 11.9 Å². The van der Waals surface area contributed by atoms with Crippen molar-refractivity contribution in [2.75, 3.05) is 74.0 Å². The van der Waals surface area contributed by atoms with E-state index >= 15 is 0 Å². The molecule has 72 heavy (non-hydrogen) atoms. The Labute approximate surface area is 434 Å². The summed E-state index contributed by atoms with van der Waals surface area (Å²) in [5.74, 6) is 1.89. The summed E-state index contributed by atoms with van der Waals surface area (Å²) >= 11 is 15.0. The van der Waals surface area contributed by atoms with Gasteiger partial charge in [-0.1, -0.05) is 47.5 Å². The van der Waals surface area contributed by atoms with Crippen LogP contribution in [0, 0.1) is 27.7 Å². The van der Waals surface area contributed by atoms with Crippen molar-refractivity contribution in [3.8, 4) is 10.0 Å². The molecule has 2 N–H and O–H groups in total. The number of nitrogens with one attached hydrogen (secondary N) is 2. The quantitative estimate of drug-likeness (QED) is 0.0503. The van der Waals surface area contributed by atoms with Gasteiger partial charge in [0, 0.05) is 52.3 Å². The lowest BCUT2D eigenvalue weighted by atomic mass is 9.99. The Morgan fingerprint density at radius 1 is 0.722 bits per heavy atom. The van der Waals surface area contributed by atoms with E-state index in [0.717, 1.165) is 73.6 Å². The molecule has 6 heterocycles. The minimum absolute atomic E-state index is 0.0280. The topological polar surface area (TPSA) is 225 Å². The maximum absolute atomic E-state index is 13.2. The molecule has 19 nitrogen and oxygen atoms in total. The summed E-state index contributed by atoms with van der Waals surface area (Å²) in [7, 11) is 4.58. The third-order valence-corrected chi connectivity index (χ3v) is 14.1. The number of amides is 1. The first-order valence-corrected chi connectivity index (χ1v) is 25.1. The predicted molar refractivity (Wildman–Crippen MR) is 276 cm³/mol. The second-order valence-electron chi connectivity index (χ2n) is 15.9. The van der Waals surface area contributed by atoms with Crippen LogP contribution in [0.3, 0.4) is 0 Å². The summed E-state index contributed by atoms with van der Waals surface area (Å²) in [6.07, 6.45) is 0.875. The van der Waals surface area contributed by atoms with Gasteiger partial charge in [-0.15, -0.1) is 43.1 Å². The largest absolute Gasteiger partial charge is 0.469 e. The van der Waals surface area contributed by atoms with Crippen molar-refractivity contribution in [1.82, 2.24) is 40.2 Å². The van der Waals surface area contributed by atoms with E-state index in [0.29, 0.717) is 89.9 Å². The maximum atomic E-state index is 13.2. The zero-order valence-electron chi connectivity index (χ0n) is 41.2. The molecule has 0 radical (unpaired) electrons. The van der Waals surface area contributed by atoms with Crippen LogP contribution < -0.4 is 10.6 Å². The molecule has 0 spiro atoms. The Morgan fingerprint density at radius 2 is 1.26 bits per heavy atom. The van der Waals surface area contributed by atoms with Gasteiger partial charge in [-0.05, 0) is 70.1 Å². The van der Waals surface area contributed by atoms with E-state index in [-0.39, 0.29) is 18.3 Å². The van der Waals surface area contributed by atoms with Crippen LogP contribution in [0.15, 0.2) is 58.5 Å². The fourth-order valence-electron chi connectivity index (χ4n) is 7.42. The van der Waals surface area contributed by atoms with E-state index in [9.17, 15) is 19.2 Å². The number of methoxy groups -OCH3 is 2. The standard InChI is InChI=1S/C26H33ClN6O4S.C20H17ClN4O3S.C3H6O2/c1-17-22-23(19-4-6-20(27)7-5-19)30-16-21-32-31-18(2)33(21)26(22)38-24(17)25(34)29-9-11-36-13-15-37-14-12-35-10-8-28-3;1-10-15(9-26)29-20-17(10)18(12-4-6-13(21)7-5-12)22-14(8-16(27)28-3)19-24-23-11(2)25(19)20;1-3(4)5-2/h4-7,28H,8-16H2,1-3H3,(H,29,34);4-7,9,14H,8H2,1-3H3;1-2H3. The molecule has 2 aliphatic heterocycles. The summed E-state index contributed by atoms with van der Waals surface area (Å²) in [6.45, 7) is 13.6. The lowest BCUT2D eigenvalue weighted by Gasteiger charge is -2.11. The molecule has 0 saturated heterocycles. The molecule has 1 unspecified atom stereocenters. The summed E-state index contributed by atoms with van der Waals surface area (Å²) in [5.41, 5.74) is 6.68. The van der Waals surface area contributed by atoms with E-state index in [1.165, 1.54) is 43.8 Å². The number of likely N-dealkylation sites (N-methyl/N-ethyl adjacent to an activating group) is 1. The molecule has 6 aromatic rings. The monoisotopic (exact) mass is 1060 g/mol. The number of esters is 2. The Hall–Kier alpha value is -6.04. The highest BCUT2D eigenvalue weighted by molar-refractivity contribution is 7.17. The Kier molecular flexibility index (Phi) is 20.4. The number of ether oxygens (including phenoxy) is 5. The average Bonchev–Trinajstić information content (AvgIpc) is 4.08. The van der Waals surface area contributed by atoms with Gasteiger partial charge in [0.05, 0.1) is 81.5 Å². The van der Waals surface area contributed by atoms with E-state index in [1.54, 1.807) is 12.1 Å². The van der Waals surface area contributed by atoms with Gasteiger partial charge in [0.15, 0.2) is 17.9 Å². The lowest BCUT2D eigenvalue weighted by Crippen LogP contribution is -2.27. The van der Waals surface area contributed by atoms with Crippen LogP contribution in [0.25, 0.3) is 10.0 Å². The lowest BCUT2D eigenvalue weighted by molar-refractivity contribution is -0.141. The van der Waals surface area contributed by atoms with Gasteiger partial charge < -0.3 is 34.3 Å². The zero-order chi connectivity index (χ0) is 51.9. The first-order chi connectivity index (χ1) is 34.7. The Morgan fingerprint density at radius 3 is 1.85 bits per heavy atom.